The molecule has 0 radical (unpaired) electrons. The van der Waals surface area contributed by atoms with Gasteiger partial charge in [0, 0.05) is 6.54 Å². The van der Waals surface area contributed by atoms with Crippen molar-refractivity contribution in [2.45, 2.75) is 32.1 Å². The lowest BCUT2D eigenvalue weighted by molar-refractivity contribution is 0.0972. The van der Waals surface area contributed by atoms with Crippen molar-refractivity contribution in [2.75, 3.05) is 24.6 Å². The second-order valence-electron chi connectivity index (χ2n) is 7.69. The number of anilines is 2. The highest BCUT2D eigenvalue weighted by molar-refractivity contribution is 7.09. The number of benzene rings is 1. The number of thiazole rings is 1. The smallest absolute Gasteiger partial charge is 0.307 e. The van der Waals surface area contributed by atoms with Crippen LogP contribution < -0.4 is 32.1 Å². The summed E-state index contributed by atoms with van der Waals surface area (Å²) in [6, 6.07) is 7.82. The maximum Gasteiger partial charge on any atom is 0.307 e. The lowest BCUT2D eigenvalue weighted by Crippen LogP contribution is -2.38. The van der Waals surface area contributed by atoms with Gasteiger partial charge in [-0.25, -0.2) is 9.97 Å². The zero-order valence-corrected chi connectivity index (χ0v) is 20.9. The topological polar surface area (TPSA) is 208 Å². The largest absolute Gasteiger partial charge is 0.494 e. The predicted octanol–water partition coefficient (Wildman–Crippen LogP) is 1.83. The number of aromatic amines is 1. The van der Waals surface area contributed by atoms with Crippen molar-refractivity contribution in [2.24, 2.45) is 10.7 Å². The lowest BCUT2D eigenvalue weighted by atomic mass is 10.1. The average molecular weight is 535 g/mol. The molecule has 36 heavy (non-hydrogen) atoms. The molecule has 192 valence electrons. The van der Waals surface area contributed by atoms with Gasteiger partial charge in [0.15, 0.2) is 28.4 Å². The van der Waals surface area contributed by atoms with Gasteiger partial charge in [0.05, 0.1) is 11.5 Å². The lowest BCUT2D eigenvalue weighted by Gasteiger charge is -2.08. The van der Waals surface area contributed by atoms with Crippen LogP contribution in [0.25, 0.3) is 0 Å². The molecule has 2 heterocycles. The van der Waals surface area contributed by atoms with E-state index in [-0.39, 0.29) is 39.2 Å². The first-order chi connectivity index (χ1) is 17.2. The maximum absolute atomic E-state index is 12.2. The van der Waals surface area contributed by atoms with Gasteiger partial charge in [0.25, 0.3) is 5.91 Å². The highest BCUT2D eigenvalue weighted by Gasteiger charge is 2.16. The van der Waals surface area contributed by atoms with E-state index in [9.17, 15) is 14.7 Å². The number of unbranched alkanes of at least 4 members (excludes halogenated alkanes) is 1. The summed E-state index contributed by atoms with van der Waals surface area (Å²) in [5.74, 6) is -0.264. The quantitative estimate of drug-likeness (QED) is 0.120. The number of hydrogen-bond acceptors (Lipinski definition) is 10. The fraction of sp³-hybridized carbons (Fsp3) is 0.318. The normalized spacial score (nSPS) is 11.4. The van der Waals surface area contributed by atoms with Crippen LogP contribution in [0.3, 0.4) is 0 Å². The fourth-order valence-electron chi connectivity index (χ4n) is 3.16. The number of carbonyl (C=O) groups excluding carboxylic acids is 1. The Labute approximate surface area is 215 Å². The second kappa shape index (κ2) is 12.7. The van der Waals surface area contributed by atoms with Crippen molar-refractivity contribution in [3.05, 3.63) is 55.2 Å². The molecule has 3 rings (SSSR count). The van der Waals surface area contributed by atoms with E-state index >= 15 is 0 Å². The molecule has 2 aromatic heterocycles. The predicted molar refractivity (Wildman–Crippen MR) is 140 cm³/mol. The molecule has 0 saturated carbocycles. The number of aliphatic imine (C=N–C) groups is 1. The minimum Gasteiger partial charge on any atom is -0.494 e. The summed E-state index contributed by atoms with van der Waals surface area (Å²) in [5, 5.41) is 11.9. The van der Waals surface area contributed by atoms with Crippen molar-refractivity contribution in [1.29, 1.82) is 0 Å². The number of halogens is 1. The number of nitrogens with two attached hydrogens (primary N) is 3. The number of nitrogens with one attached hydrogen (secondary N) is 2. The van der Waals surface area contributed by atoms with Gasteiger partial charge >= 0.3 is 4.87 Å². The molecular formula is C22H27ClN8O4S. The number of rotatable bonds is 11. The summed E-state index contributed by atoms with van der Waals surface area (Å²) >= 11 is 6.79. The number of nitrogen functional groups attached to an aromatic ring is 2. The molecule has 9 N–H and O–H groups in total. The summed E-state index contributed by atoms with van der Waals surface area (Å²) in [7, 11) is 0. The van der Waals surface area contributed by atoms with Crippen molar-refractivity contribution in [3.63, 3.8) is 0 Å². The molecule has 0 spiro atoms. The zero-order valence-electron chi connectivity index (χ0n) is 19.3. The monoisotopic (exact) mass is 534 g/mol. The highest BCUT2D eigenvalue weighted by Crippen LogP contribution is 2.19. The van der Waals surface area contributed by atoms with Gasteiger partial charge in [0.1, 0.15) is 5.75 Å². The average Bonchev–Trinajstić information content (AvgIpc) is 3.16. The standard InChI is InChI=1S/C22H27ClN8O4S/c23-16-18(25)29-17(24)15(28-16)20(33)30-21(26)27-10-2-1-4-12-6-8-13(9-7-12)35-11-3-5-14-19(32)31-22(34)36-14/h6-9,32H,1-5,10-11H2,(H,31,34)(H4,24,25,29)(H3,26,27,30,33). The molecule has 0 unspecified atom stereocenters. The van der Waals surface area contributed by atoms with E-state index in [2.05, 4.69) is 25.3 Å². The van der Waals surface area contributed by atoms with Gasteiger partial charge in [-0.15, -0.1) is 0 Å². The van der Waals surface area contributed by atoms with E-state index < -0.39 is 5.91 Å². The maximum atomic E-state index is 12.2. The molecule has 1 amide bonds. The first-order valence-corrected chi connectivity index (χ1v) is 12.2. The van der Waals surface area contributed by atoms with E-state index in [0.29, 0.717) is 30.9 Å². The molecule has 0 atom stereocenters. The van der Waals surface area contributed by atoms with Gasteiger partial charge in [-0.1, -0.05) is 35.1 Å². The number of guanidine groups is 1. The Kier molecular flexibility index (Phi) is 9.47. The number of aromatic nitrogens is 3. The first-order valence-electron chi connectivity index (χ1n) is 11.1. The third-order valence-electron chi connectivity index (χ3n) is 4.96. The third kappa shape index (κ3) is 7.85. The first kappa shape index (κ1) is 26.8. The number of hydrogen-bond donors (Lipinski definition) is 6. The van der Waals surface area contributed by atoms with Gasteiger partial charge in [-0.2, -0.15) is 0 Å². The van der Waals surface area contributed by atoms with Crippen molar-refractivity contribution < 1.29 is 14.6 Å². The Morgan fingerprint density at radius 1 is 1.14 bits per heavy atom. The molecule has 0 saturated heterocycles. The molecule has 0 fully saturated rings. The molecule has 0 aliphatic carbocycles. The number of aromatic hydroxyl groups is 1. The van der Waals surface area contributed by atoms with Gasteiger partial charge < -0.3 is 27.0 Å². The summed E-state index contributed by atoms with van der Waals surface area (Å²) in [6.45, 7) is 0.910. The Balaban J connectivity index is 1.33. The van der Waals surface area contributed by atoms with E-state index in [1.54, 1.807) is 0 Å². The van der Waals surface area contributed by atoms with Crippen molar-refractivity contribution >= 4 is 46.4 Å². The zero-order chi connectivity index (χ0) is 26.1. The Morgan fingerprint density at radius 3 is 2.58 bits per heavy atom. The molecule has 14 heteroatoms. The summed E-state index contributed by atoms with van der Waals surface area (Å²) < 4.78 is 5.72. The molecule has 0 aliphatic rings. The van der Waals surface area contributed by atoms with Crippen LogP contribution in [-0.2, 0) is 12.8 Å². The second-order valence-corrected chi connectivity index (χ2v) is 9.12. The number of carbonyl (C=O) groups is 1. The third-order valence-corrected chi connectivity index (χ3v) is 6.17. The minimum atomic E-state index is -0.676. The number of ether oxygens (including phenoxy) is 1. The molecule has 0 aliphatic heterocycles. The fourth-order valence-corrected chi connectivity index (χ4v) is 4.05. The van der Waals surface area contributed by atoms with Crippen LogP contribution in [0.2, 0.25) is 5.15 Å². The van der Waals surface area contributed by atoms with Crippen LogP contribution in [0.15, 0.2) is 34.1 Å². The number of amides is 1. The molecular weight excluding hydrogens is 508 g/mol. The summed E-state index contributed by atoms with van der Waals surface area (Å²) in [6.07, 6.45) is 3.75. The van der Waals surface area contributed by atoms with Crippen molar-refractivity contribution in [3.8, 4) is 11.6 Å². The molecule has 0 bridgehead atoms. The van der Waals surface area contributed by atoms with Gasteiger partial charge in [-0.3, -0.25) is 24.9 Å². The number of nitrogens with zero attached hydrogens (tertiary/aromatic N) is 3. The van der Waals surface area contributed by atoms with E-state index in [1.807, 2.05) is 24.3 Å². The van der Waals surface area contributed by atoms with Crippen LogP contribution in [-0.4, -0.2) is 45.1 Å². The van der Waals surface area contributed by atoms with Gasteiger partial charge in [-0.05, 0) is 49.8 Å². The van der Waals surface area contributed by atoms with Crippen LogP contribution in [0.4, 0.5) is 11.6 Å². The highest BCUT2D eigenvalue weighted by atomic mass is 35.5. The number of aryl methyl sites for hydroxylation is 2. The van der Waals surface area contributed by atoms with Crippen LogP contribution in [0, 0.1) is 0 Å². The minimum absolute atomic E-state index is 0.0588. The van der Waals surface area contributed by atoms with E-state index in [4.69, 9.17) is 33.5 Å². The van der Waals surface area contributed by atoms with Crippen molar-refractivity contribution in [1.82, 2.24) is 20.3 Å². The molecule has 12 nitrogen and oxygen atoms in total. The van der Waals surface area contributed by atoms with Gasteiger partial charge in [0.2, 0.25) is 5.88 Å². The summed E-state index contributed by atoms with van der Waals surface area (Å²) in [4.78, 5) is 37.8. The van der Waals surface area contributed by atoms with Crippen LogP contribution >= 0.6 is 22.9 Å². The Hall–Kier alpha value is -3.84. The van der Waals surface area contributed by atoms with E-state index in [1.165, 1.54) is 0 Å². The Bertz CT molecular complexity index is 1280. The molecule has 1 aromatic carbocycles. The van der Waals surface area contributed by atoms with E-state index in [0.717, 1.165) is 41.9 Å². The summed E-state index contributed by atoms with van der Waals surface area (Å²) in [5.41, 5.74) is 17.9. The molecule has 3 aromatic rings. The van der Waals surface area contributed by atoms with Crippen LogP contribution in [0.1, 0.15) is 40.2 Å². The SMILES string of the molecule is NC(=NCCCCc1ccc(OCCCc2sc(=O)[nH]c2O)cc1)NC(=O)c1nc(Cl)c(N)nc1N. The Morgan fingerprint density at radius 2 is 1.89 bits per heavy atom. The number of H-pyrrole nitrogens is 1. The van der Waals surface area contributed by atoms with Crippen LogP contribution in [0.5, 0.6) is 11.6 Å².